The molecule has 0 fully saturated rings. The Morgan fingerprint density at radius 3 is 2.86 bits per heavy atom. The zero-order valence-corrected chi connectivity index (χ0v) is 12.1. The molecule has 21 heavy (non-hydrogen) atoms. The van der Waals surface area contributed by atoms with Crippen LogP contribution in [0.4, 0.5) is 4.39 Å². The molecule has 3 rings (SSSR count). The Kier molecular flexibility index (Phi) is 3.99. The van der Waals surface area contributed by atoms with Crippen LogP contribution < -0.4 is 15.2 Å². The summed E-state index contributed by atoms with van der Waals surface area (Å²) in [6, 6.07) is 8.40. The van der Waals surface area contributed by atoms with Gasteiger partial charge < -0.3 is 15.2 Å². The van der Waals surface area contributed by atoms with Crippen molar-refractivity contribution in [2.24, 2.45) is 5.73 Å². The average molecular weight is 308 g/mol. The van der Waals surface area contributed by atoms with Crippen molar-refractivity contribution in [1.29, 1.82) is 0 Å². The number of halogens is 2. The molecule has 5 heteroatoms. The van der Waals surface area contributed by atoms with Crippen LogP contribution in [-0.2, 0) is 19.6 Å². The molecule has 0 bridgehead atoms. The van der Waals surface area contributed by atoms with Crippen LogP contribution in [0, 0.1) is 5.82 Å². The SMILES string of the molecule is NCc1ccc(OCc2cc(Cl)cc3c2OCC3)cc1F. The molecule has 1 aliphatic heterocycles. The molecule has 110 valence electrons. The van der Waals surface area contributed by atoms with Gasteiger partial charge in [-0.2, -0.15) is 0 Å². The van der Waals surface area contributed by atoms with Crippen LogP contribution in [0.25, 0.3) is 0 Å². The molecule has 0 radical (unpaired) electrons. The number of benzene rings is 2. The largest absolute Gasteiger partial charge is 0.493 e. The lowest BCUT2D eigenvalue weighted by Crippen LogP contribution is -2.02. The fourth-order valence-corrected chi connectivity index (χ4v) is 2.66. The molecule has 0 amide bonds. The fourth-order valence-electron chi connectivity index (χ4n) is 2.40. The molecule has 0 spiro atoms. The monoisotopic (exact) mass is 307 g/mol. The smallest absolute Gasteiger partial charge is 0.131 e. The quantitative estimate of drug-likeness (QED) is 0.941. The maximum Gasteiger partial charge on any atom is 0.131 e. The van der Waals surface area contributed by atoms with Crippen LogP contribution in [0.1, 0.15) is 16.7 Å². The normalized spacial score (nSPS) is 12.9. The van der Waals surface area contributed by atoms with Crippen molar-refractivity contribution in [3.63, 3.8) is 0 Å². The average Bonchev–Trinajstić information content (AvgIpc) is 2.93. The Balaban J connectivity index is 1.78. The molecule has 2 aromatic carbocycles. The van der Waals surface area contributed by atoms with E-state index in [4.69, 9.17) is 26.8 Å². The summed E-state index contributed by atoms with van der Waals surface area (Å²) in [5.41, 5.74) is 7.86. The molecular weight excluding hydrogens is 293 g/mol. The van der Waals surface area contributed by atoms with Crippen LogP contribution in [0.3, 0.4) is 0 Å². The summed E-state index contributed by atoms with van der Waals surface area (Å²) in [6.07, 6.45) is 0.850. The van der Waals surface area contributed by atoms with Gasteiger partial charge >= 0.3 is 0 Å². The third kappa shape index (κ3) is 2.96. The van der Waals surface area contributed by atoms with Crippen LogP contribution in [-0.4, -0.2) is 6.61 Å². The number of hydrogen-bond acceptors (Lipinski definition) is 3. The van der Waals surface area contributed by atoms with Gasteiger partial charge in [-0.05, 0) is 23.8 Å². The van der Waals surface area contributed by atoms with Gasteiger partial charge in [0.25, 0.3) is 0 Å². The van der Waals surface area contributed by atoms with Crippen molar-refractivity contribution in [2.75, 3.05) is 6.61 Å². The van der Waals surface area contributed by atoms with Gasteiger partial charge in [0.1, 0.15) is 23.9 Å². The number of nitrogens with two attached hydrogens (primary N) is 1. The van der Waals surface area contributed by atoms with Crippen LogP contribution >= 0.6 is 11.6 Å². The van der Waals surface area contributed by atoms with E-state index in [2.05, 4.69) is 0 Å². The molecule has 2 aromatic rings. The lowest BCUT2D eigenvalue weighted by atomic mass is 10.1. The Morgan fingerprint density at radius 1 is 1.24 bits per heavy atom. The first-order valence-corrected chi connectivity index (χ1v) is 7.10. The molecule has 2 N–H and O–H groups in total. The van der Waals surface area contributed by atoms with Crippen LogP contribution in [0.2, 0.25) is 5.02 Å². The first-order valence-electron chi connectivity index (χ1n) is 6.73. The summed E-state index contributed by atoms with van der Waals surface area (Å²) < 4.78 is 24.9. The molecular formula is C16H15ClFNO2. The Labute approximate surface area is 127 Å². The lowest BCUT2D eigenvalue weighted by Gasteiger charge is -2.11. The van der Waals surface area contributed by atoms with Crippen LogP contribution in [0.5, 0.6) is 11.5 Å². The first-order chi connectivity index (χ1) is 10.2. The predicted molar refractivity (Wildman–Crippen MR) is 79.3 cm³/mol. The van der Waals surface area contributed by atoms with Crippen molar-refractivity contribution in [3.05, 3.63) is 57.9 Å². The van der Waals surface area contributed by atoms with Gasteiger partial charge in [0.05, 0.1) is 6.61 Å². The van der Waals surface area contributed by atoms with E-state index in [1.54, 1.807) is 12.1 Å². The third-order valence-corrected chi connectivity index (χ3v) is 3.68. The van der Waals surface area contributed by atoms with Gasteiger partial charge in [0.2, 0.25) is 0 Å². The van der Waals surface area contributed by atoms with Crippen molar-refractivity contribution in [3.8, 4) is 11.5 Å². The summed E-state index contributed by atoms with van der Waals surface area (Å²) in [7, 11) is 0. The van der Waals surface area contributed by atoms with Crippen molar-refractivity contribution >= 4 is 11.6 Å². The zero-order chi connectivity index (χ0) is 14.8. The van der Waals surface area contributed by atoms with Gasteiger partial charge in [-0.3, -0.25) is 0 Å². The molecule has 0 aliphatic carbocycles. The number of ether oxygens (including phenoxy) is 2. The van der Waals surface area contributed by atoms with E-state index < -0.39 is 0 Å². The lowest BCUT2D eigenvalue weighted by molar-refractivity contribution is 0.290. The summed E-state index contributed by atoms with van der Waals surface area (Å²) in [5.74, 6) is 0.928. The molecule has 0 atom stereocenters. The standard InChI is InChI=1S/C16H15ClFNO2/c17-13-5-10-3-4-20-16(10)12(6-13)9-21-14-2-1-11(8-19)15(18)7-14/h1-2,5-7H,3-4,8-9,19H2. The second kappa shape index (κ2) is 5.92. The number of hydrogen-bond donors (Lipinski definition) is 1. The summed E-state index contributed by atoms with van der Waals surface area (Å²) in [5, 5.41) is 0.655. The maximum atomic E-state index is 13.7. The molecule has 1 aliphatic rings. The fraction of sp³-hybridized carbons (Fsp3) is 0.250. The van der Waals surface area contributed by atoms with E-state index in [9.17, 15) is 4.39 Å². The third-order valence-electron chi connectivity index (χ3n) is 3.46. The second-order valence-electron chi connectivity index (χ2n) is 4.90. The first kappa shape index (κ1) is 14.2. The van der Waals surface area contributed by atoms with Crippen molar-refractivity contribution < 1.29 is 13.9 Å². The van der Waals surface area contributed by atoms with Gasteiger partial charge in [-0.15, -0.1) is 0 Å². The highest BCUT2D eigenvalue weighted by molar-refractivity contribution is 6.30. The second-order valence-corrected chi connectivity index (χ2v) is 5.33. The van der Waals surface area contributed by atoms with Gasteiger partial charge in [0, 0.05) is 35.2 Å². The summed E-state index contributed by atoms with van der Waals surface area (Å²) in [6.45, 7) is 1.11. The highest BCUT2D eigenvalue weighted by Crippen LogP contribution is 2.33. The maximum absolute atomic E-state index is 13.7. The number of rotatable bonds is 4. The van der Waals surface area contributed by atoms with E-state index in [0.717, 1.165) is 23.3 Å². The minimum atomic E-state index is -0.359. The van der Waals surface area contributed by atoms with Crippen molar-refractivity contribution in [1.82, 2.24) is 0 Å². The molecule has 0 saturated heterocycles. The van der Waals surface area contributed by atoms with E-state index in [1.807, 2.05) is 12.1 Å². The van der Waals surface area contributed by atoms with Gasteiger partial charge in [-0.1, -0.05) is 17.7 Å². The highest BCUT2D eigenvalue weighted by atomic mass is 35.5. The highest BCUT2D eigenvalue weighted by Gasteiger charge is 2.18. The minimum Gasteiger partial charge on any atom is -0.493 e. The summed E-state index contributed by atoms with van der Waals surface area (Å²) >= 11 is 6.09. The van der Waals surface area contributed by atoms with Crippen LogP contribution in [0.15, 0.2) is 30.3 Å². The molecule has 3 nitrogen and oxygen atoms in total. The van der Waals surface area contributed by atoms with E-state index >= 15 is 0 Å². The number of fused-ring (bicyclic) bond motifs is 1. The van der Waals surface area contributed by atoms with E-state index in [1.165, 1.54) is 6.07 Å². The molecule has 0 aromatic heterocycles. The predicted octanol–water partition coefficient (Wildman–Crippen LogP) is 3.45. The van der Waals surface area contributed by atoms with Gasteiger partial charge in [0.15, 0.2) is 0 Å². The van der Waals surface area contributed by atoms with E-state index in [0.29, 0.717) is 22.9 Å². The zero-order valence-electron chi connectivity index (χ0n) is 11.4. The van der Waals surface area contributed by atoms with E-state index in [-0.39, 0.29) is 19.0 Å². The molecule has 0 unspecified atom stereocenters. The minimum absolute atomic E-state index is 0.168. The topological polar surface area (TPSA) is 44.5 Å². The molecule has 0 saturated carbocycles. The Morgan fingerprint density at radius 2 is 2.10 bits per heavy atom. The Hall–Kier alpha value is -1.78. The molecule has 1 heterocycles. The van der Waals surface area contributed by atoms with Gasteiger partial charge in [-0.25, -0.2) is 4.39 Å². The summed E-state index contributed by atoms with van der Waals surface area (Å²) in [4.78, 5) is 0. The van der Waals surface area contributed by atoms with Crippen molar-refractivity contribution in [2.45, 2.75) is 19.6 Å². The Bertz CT molecular complexity index is 676.